The molecule has 21 heavy (non-hydrogen) atoms. The number of likely N-dealkylation sites (N-methyl/N-ethyl adjacent to an activating group) is 1. The molecule has 0 radical (unpaired) electrons. The fourth-order valence-corrected chi connectivity index (χ4v) is 4.19. The molecule has 5 rings (SSSR count). The third kappa shape index (κ3) is 1.33. The maximum Gasteiger partial charge on any atom is 0.109 e. The van der Waals surface area contributed by atoms with Crippen LogP contribution in [0, 0.1) is 0 Å². The Balaban J connectivity index is 1.74. The van der Waals surface area contributed by atoms with Gasteiger partial charge in [0.1, 0.15) is 6.17 Å². The predicted octanol–water partition coefficient (Wildman–Crippen LogP) is 3.75. The molecule has 3 aliphatic rings. The van der Waals surface area contributed by atoms with E-state index in [1.807, 2.05) is 0 Å². The van der Waals surface area contributed by atoms with Crippen molar-refractivity contribution in [3.63, 3.8) is 0 Å². The Bertz CT molecular complexity index is 803. The van der Waals surface area contributed by atoms with E-state index in [1.165, 1.54) is 39.2 Å². The van der Waals surface area contributed by atoms with Gasteiger partial charge in [0, 0.05) is 31.1 Å². The maximum absolute atomic E-state index is 2.45. The summed E-state index contributed by atoms with van der Waals surface area (Å²) in [7, 11) is 2.20. The Morgan fingerprint density at radius 3 is 2.81 bits per heavy atom. The topological polar surface area (TPSA) is 6.48 Å². The van der Waals surface area contributed by atoms with Gasteiger partial charge in [0.15, 0.2) is 0 Å². The van der Waals surface area contributed by atoms with Gasteiger partial charge in [-0.2, -0.15) is 0 Å². The standard InChI is InChI=1S/C19H18N2/c1-12-11-21-17-8-7-14-9-13-5-3-4-6-15(13)19(14)16(17)10-18(21)20(12)2/h3-8,11,18H,9-10H2,1-2H3. The summed E-state index contributed by atoms with van der Waals surface area (Å²) in [5, 5.41) is 0. The molecular weight excluding hydrogens is 256 g/mol. The van der Waals surface area contributed by atoms with Crippen LogP contribution in [-0.2, 0) is 12.8 Å². The average Bonchev–Trinajstić information content (AvgIpc) is 3.11. The highest BCUT2D eigenvalue weighted by atomic mass is 15.4. The zero-order valence-corrected chi connectivity index (χ0v) is 12.4. The van der Waals surface area contributed by atoms with Crippen molar-refractivity contribution in [3.8, 4) is 11.1 Å². The molecule has 2 heteroatoms. The highest BCUT2D eigenvalue weighted by molar-refractivity contribution is 5.85. The molecule has 0 amide bonds. The second kappa shape index (κ2) is 3.70. The summed E-state index contributed by atoms with van der Waals surface area (Å²) in [6.07, 6.45) is 4.98. The first-order chi connectivity index (χ1) is 10.2. The molecule has 0 N–H and O–H groups in total. The van der Waals surface area contributed by atoms with E-state index in [0.29, 0.717) is 6.17 Å². The van der Waals surface area contributed by atoms with E-state index in [1.54, 1.807) is 0 Å². The molecule has 1 unspecified atom stereocenters. The van der Waals surface area contributed by atoms with Crippen molar-refractivity contribution in [1.29, 1.82) is 0 Å². The van der Waals surface area contributed by atoms with Crippen LogP contribution in [0.5, 0.6) is 0 Å². The van der Waals surface area contributed by atoms with Crippen molar-refractivity contribution in [2.45, 2.75) is 25.9 Å². The van der Waals surface area contributed by atoms with Crippen molar-refractivity contribution in [3.05, 3.63) is 65.0 Å². The van der Waals surface area contributed by atoms with Crippen LogP contribution in [0.4, 0.5) is 5.69 Å². The largest absolute Gasteiger partial charge is 0.356 e. The molecule has 104 valence electrons. The van der Waals surface area contributed by atoms with Crippen LogP contribution in [0.15, 0.2) is 48.3 Å². The molecule has 2 heterocycles. The van der Waals surface area contributed by atoms with Crippen LogP contribution < -0.4 is 4.90 Å². The second-order valence-electron chi connectivity index (χ2n) is 6.40. The number of anilines is 1. The molecule has 0 fully saturated rings. The van der Waals surface area contributed by atoms with Gasteiger partial charge in [-0.3, -0.25) is 0 Å². The zero-order valence-electron chi connectivity index (χ0n) is 12.4. The first-order valence-corrected chi connectivity index (χ1v) is 7.66. The lowest BCUT2D eigenvalue weighted by Gasteiger charge is -2.24. The van der Waals surface area contributed by atoms with Gasteiger partial charge < -0.3 is 9.80 Å². The number of fused-ring (bicyclic) bond motifs is 7. The summed E-state index contributed by atoms with van der Waals surface area (Å²) in [5.41, 5.74) is 10.2. The molecule has 0 spiro atoms. The lowest BCUT2D eigenvalue weighted by Crippen LogP contribution is -2.34. The minimum Gasteiger partial charge on any atom is -0.356 e. The number of nitrogens with zero attached hydrogens (tertiary/aromatic N) is 2. The minimum atomic E-state index is 0.472. The Kier molecular flexibility index (Phi) is 2.02. The van der Waals surface area contributed by atoms with E-state index >= 15 is 0 Å². The molecule has 2 nitrogen and oxygen atoms in total. The van der Waals surface area contributed by atoms with Gasteiger partial charge in [-0.25, -0.2) is 0 Å². The lowest BCUT2D eigenvalue weighted by atomic mass is 9.97. The molecule has 1 atom stereocenters. The van der Waals surface area contributed by atoms with E-state index in [-0.39, 0.29) is 0 Å². The maximum atomic E-state index is 2.45. The number of benzene rings is 2. The highest BCUT2D eigenvalue weighted by Gasteiger charge is 2.38. The second-order valence-corrected chi connectivity index (χ2v) is 6.40. The van der Waals surface area contributed by atoms with Gasteiger partial charge in [0.2, 0.25) is 0 Å². The van der Waals surface area contributed by atoms with Crippen LogP contribution >= 0.6 is 0 Å². The molecule has 0 bridgehead atoms. The van der Waals surface area contributed by atoms with Gasteiger partial charge in [-0.1, -0.05) is 30.3 Å². The SMILES string of the molecule is CC1=CN2c3ccc4c(c3CC2N1C)-c1ccccc1C4. The van der Waals surface area contributed by atoms with Crippen molar-refractivity contribution in [1.82, 2.24) is 4.90 Å². The summed E-state index contributed by atoms with van der Waals surface area (Å²) in [6, 6.07) is 13.5. The van der Waals surface area contributed by atoms with Crippen molar-refractivity contribution in [2.75, 3.05) is 11.9 Å². The van der Waals surface area contributed by atoms with Crippen molar-refractivity contribution >= 4 is 5.69 Å². The third-order valence-corrected chi connectivity index (χ3v) is 5.36. The molecule has 0 saturated heterocycles. The number of rotatable bonds is 0. The van der Waals surface area contributed by atoms with E-state index in [9.17, 15) is 0 Å². The average molecular weight is 274 g/mol. The number of hydrogen-bond acceptors (Lipinski definition) is 2. The Morgan fingerprint density at radius 2 is 1.90 bits per heavy atom. The molecular formula is C19H18N2. The monoisotopic (exact) mass is 274 g/mol. The smallest absolute Gasteiger partial charge is 0.109 e. The Hall–Kier alpha value is -2.22. The quantitative estimate of drug-likeness (QED) is 0.616. The van der Waals surface area contributed by atoms with Crippen LogP contribution in [0.3, 0.4) is 0 Å². The molecule has 2 aliphatic heterocycles. The van der Waals surface area contributed by atoms with Gasteiger partial charge in [0.25, 0.3) is 0 Å². The highest BCUT2D eigenvalue weighted by Crippen LogP contribution is 2.48. The molecule has 1 aliphatic carbocycles. The molecule has 2 aromatic rings. The fraction of sp³-hybridized carbons (Fsp3) is 0.263. The normalized spacial score (nSPS) is 21.0. The third-order valence-electron chi connectivity index (χ3n) is 5.36. The molecule has 0 saturated carbocycles. The predicted molar refractivity (Wildman–Crippen MR) is 86.2 cm³/mol. The first kappa shape index (κ1) is 11.4. The molecule has 0 aromatic heterocycles. The van der Waals surface area contributed by atoms with Crippen LogP contribution in [-0.4, -0.2) is 18.1 Å². The summed E-state index contributed by atoms with van der Waals surface area (Å²) in [4.78, 5) is 4.85. The van der Waals surface area contributed by atoms with E-state index in [4.69, 9.17) is 0 Å². The van der Waals surface area contributed by atoms with Crippen molar-refractivity contribution in [2.24, 2.45) is 0 Å². The summed E-state index contributed by atoms with van der Waals surface area (Å²) < 4.78 is 0. The first-order valence-electron chi connectivity index (χ1n) is 7.66. The van der Waals surface area contributed by atoms with Crippen molar-refractivity contribution < 1.29 is 0 Å². The van der Waals surface area contributed by atoms with Crippen LogP contribution in [0.1, 0.15) is 23.6 Å². The summed E-state index contributed by atoms with van der Waals surface area (Å²) >= 11 is 0. The fourth-order valence-electron chi connectivity index (χ4n) is 4.19. The van der Waals surface area contributed by atoms with Gasteiger partial charge >= 0.3 is 0 Å². The van der Waals surface area contributed by atoms with Gasteiger partial charge in [-0.15, -0.1) is 0 Å². The summed E-state index contributed by atoms with van der Waals surface area (Å²) in [6.45, 7) is 2.20. The molecule has 2 aromatic carbocycles. The van der Waals surface area contributed by atoms with E-state index in [2.05, 4.69) is 66.4 Å². The van der Waals surface area contributed by atoms with E-state index < -0.39 is 0 Å². The minimum absolute atomic E-state index is 0.472. The zero-order chi connectivity index (χ0) is 14.1. The van der Waals surface area contributed by atoms with Crippen LogP contribution in [0.25, 0.3) is 11.1 Å². The number of allylic oxidation sites excluding steroid dienone is 1. The van der Waals surface area contributed by atoms with Gasteiger partial charge in [-0.05, 0) is 47.2 Å². The van der Waals surface area contributed by atoms with Gasteiger partial charge in [0.05, 0.1) is 0 Å². The van der Waals surface area contributed by atoms with E-state index in [0.717, 1.165) is 12.8 Å². The van der Waals surface area contributed by atoms with Crippen LogP contribution in [0.2, 0.25) is 0 Å². The Morgan fingerprint density at radius 1 is 1.05 bits per heavy atom. The lowest BCUT2D eigenvalue weighted by molar-refractivity contribution is 0.344. The number of hydrogen-bond donors (Lipinski definition) is 0. The summed E-state index contributed by atoms with van der Waals surface area (Å²) in [5.74, 6) is 0. The Labute approximate surface area is 125 Å².